The van der Waals surface area contributed by atoms with Gasteiger partial charge in [0.1, 0.15) is 0 Å². The molecule has 3 aromatic carbocycles. The molecule has 37 heavy (non-hydrogen) atoms. The van der Waals surface area contributed by atoms with Gasteiger partial charge in [-0.15, -0.1) is 0 Å². The Kier molecular flexibility index (Phi) is 7.79. The van der Waals surface area contributed by atoms with Crippen LogP contribution in [0.15, 0.2) is 94.3 Å². The fraction of sp³-hybridized carbons (Fsp3) is 0.310. The lowest BCUT2D eigenvalue weighted by Gasteiger charge is -2.32. The second-order valence-corrected chi connectivity index (χ2v) is 11.3. The third kappa shape index (κ3) is 6.52. The summed E-state index contributed by atoms with van der Waals surface area (Å²) in [6, 6.07) is 27.8. The number of benzene rings is 3. The minimum absolute atomic E-state index is 0.0607. The number of piperidine rings is 1. The predicted octanol–water partition coefficient (Wildman–Crippen LogP) is 4.86. The summed E-state index contributed by atoms with van der Waals surface area (Å²) >= 11 is 0. The van der Waals surface area contributed by atoms with Crippen LogP contribution in [0, 0.1) is 5.92 Å². The van der Waals surface area contributed by atoms with Gasteiger partial charge in [-0.3, -0.25) is 0 Å². The van der Waals surface area contributed by atoms with Crippen molar-refractivity contribution in [2.75, 3.05) is 19.6 Å². The first kappa shape index (κ1) is 25.3. The van der Waals surface area contributed by atoms with E-state index in [-0.39, 0.29) is 4.90 Å². The minimum Gasteiger partial charge on any atom is -0.339 e. The third-order valence-electron chi connectivity index (χ3n) is 7.22. The number of likely N-dealkylation sites (tertiary alicyclic amines) is 1. The smallest absolute Gasteiger partial charge is 0.238 e. The second kappa shape index (κ2) is 11.4. The van der Waals surface area contributed by atoms with Crippen LogP contribution in [0.4, 0.5) is 0 Å². The molecule has 1 aromatic heterocycles. The SMILES string of the molecule is NS(=O)(=O)c1ccc(-c2noc(CC3CCN(CCC(c4ccccc4)c4ccccc4)CC3)n2)cc1. The molecule has 1 aliphatic heterocycles. The van der Waals surface area contributed by atoms with Crippen LogP contribution < -0.4 is 5.14 Å². The molecule has 0 unspecified atom stereocenters. The van der Waals surface area contributed by atoms with E-state index in [1.807, 2.05) is 0 Å². The van der Waals surface area contributed by atoms with Gasteiger partial charge >= 0.3 is 0 Å². The molecule has 0 saturated carbocycles. The molecular weight excluding hydrogens is 484 g/mol. The number of hydrogen-bond acceptors (Lipinski definition) is 6. The predicted molar refractivity (Wildman–Crippen MR) is 143 cm³/mol. The summed E-state index contributed by atoms with van der Waals surface area (Å²) in [4.78, 5) is 7.17. The normalized spacial score (nSPS) is 15.3. The Bertz CT molecular complexity index is 1340. The summed E-state index contributed by atoms with van der Waals surface area (Å²) in [5, 5.41) is 9.26. The lowest BCUT2D eigenvalue weighted by Crippen LogP contribution is -2.35. The first-order valence-electron chi connectivity index (χ1n) is 12.7. The fourth-order valence-corrected chi connectivity index (χ4v) is 5.63. The quantitative estimate of drug-likeness (QED) is 0.341. The van der Waals surface area contributed by atoms with Crippen LogP contribution in [-0.2, 0) is 16.4 Å². The molecule has 0 radical (unpaired) electrons. The summed E-state index contributed by atoms with van der Waals surface area (Å²) in [7, 11) is -3.73. The lowest BCUT2D eigenvalue weighted by atomic mass is 9.87. The zero-order chi connectivity index (χ0) is 25.7. The molecule has 1 saturated heterocycles. The van der Waals surface area contributed by atoms with Gasteiger partial charge in [0.05, 0.1) is 4.90 Å². The van der Waals surface area contributed by atoms with Gasteiger partial charge in [-0.2, -0.15) is 4.98 Å². The highest BCUT2D eigenvalue weighted by Crippen LogP contribution is 2.29. The molecule has 192 valence electrons. The molecule has 2 N–H and O–H groups in total. The van der Waals surface area contributed by atoms with E-state index in [1.165, 1.54) is 23.3 Å². The minimum atomic E-state index is -3.73. The molecule has 0 amide bonds. The van der Waals surface area contributed by atoms with Crippen LogP contribution in [0.3, 0.4) is 0 Å². The van der Waals surface area contributed by atoms with Gasteiger partial charge in [-0.05, 0) is 80.2 Å². The van der Waals surface area contributed by atoms with Crippen LogP contribution in [0.2, 0.25) is 0 Å². The van der Waals surface area contributed by atoms with Gasteiger partial charge < -0.3 is 9.42 Å². The first-order valence-corrected chi connectivity index (χ1v) is 14.3. The highest BCUT2D eigenvalue weighted by molar-refractivity contribution is 7.89. The number of nitrogens with zero attached hydrogens (tertiary/aromatic N) is 3. The first-order chi connectivity index (χ1) is 18.0. The summed E-state index contributed by atoms with van der Waals surface area (Å²) in [6.07, 6.45) is 4.05. The second-order valence-electron chi connectivity index (χ2n) is 9.73. The largest absolute Gasteiger partial charge is 0.339 e. The van der Waals surface area contributed by atoms with Crippen LogP contribution in [0.25, 0.3) is 11.4 Å². The van der Waals surface area contributed by atoms with Crippen molar-refractivity contribution in [2.24, 2.45) is 11.1 Å². The molecule has 1 aliphatic rings. The van der Waals surface area contributed by atoms with Crippen LogP contribution in [-0.4, -0.2) is 43.1 Å². The molecule has 0 spiro atoms. The van der Waals surface area contributed by atoms with Crippen molar-refractivity contribution in [3.8, 4) is 11.4 Å². The van der Waals surface area contributed by atoms with Gasteiger partial charge in [-0.25, -0.2) is 13.6 Å². The van der Waals surface area contributed by atoms with E-state index in [0.717, 1.165) is 45.3 Å². The summed E-state index contributed by atoms with van der Waals surface area (Å²) in [6.45, 7) is 3.20. The zero-order valence-electron chi connectivity index (χ0n) is 20.7. The van der Waals surface area contributed by atoms with Crippen molar-refractivity contribution in [2.45, 2.75) is 36.5 Å². The maximum atomic E-state index is 11.5. The summed E-state index contributed by atoms with van der Waals surface area (Å²) < 4.78 is 28.4. The van der Waals surface area contributed by atoms with Crippen LogP contribution >= 0.6 is 0 Å². The van der Waals surface area contributed by atoms with Crippen molar-refractivity contribution >= 4 is 10.0 Å². The Balaban J connectivity index is 1.14. The standard InChI is InChI=1S/C29H32N4O3S/c30-37(34,35)26-13-11-25(12-14-26)29-31-28(36-32-29)21-22-15-18-33(19-16-22)20-17-27(23-7-3-1-4-8-23)24-9-5-2-6-10-24/h1-14,22,27H,15-21H2,(H2,30,34,35). The molecule has 8 heteroatoms. The maximum absolute atomic E-state index is 11.5. The zero-order valence-corrected chi connectivity index (χ0v) is 21.6. The van der Waals surface area contributed by atoms with E-state index in [4.69, 9.17) is 9.66 Å². The Morgan fingerprint density at radius 1 is 0.892 bits per heavy atom. The van der Waals surface area contributed by atoms with Crippen LogP contribution in [0.5, 0.6) is 0 Å². The highest BCUT2D eigenvalue weighted by Gasteiger charge is 2.23. The molecule has 0 bridgehead atoms. The summed E-state index contributed by atoms with van der Waals surface area (Å²) in [5.41, 5.74) is 3.44. The van der Waals surface area contributed by atoms with Crippen molar-refractivity contribution in [3.63, 3.8) is 0 Å². The molecule has 5 rings (SSSR count). The Labute approximate surface area is 218 Å². The van der Waals surface area contributed by atoms with Gasteiger partial charge in [0.2, 0.25) is 21.7 Å². The Morgan fingerprint density at radius 2 is 1.49 bits per heavy atom. The third-order valence-corrected chi connectivity index (χ3v) is 8.15. The molecular formula is C29H32N4O3S. The summed E-state index contributed by atoms with van der Waals surface area (Å²) in [5.74, 6) is 1.99. The molecule has 2 heterocycles. The monoisotopic (exact) mass is 516 g/mol. The average Bonchev–Trinajstić information content (AvgIpc) is 3.39. The average molecular weight is 517 g/mol. The highest BCUT2D eigenvalue weighted by atomic mass is 32.2. The number of rotatable bonds is 9. The van der Waals surface area contributed by atoms with Gasteiger partial charge in [-0.1, -0.05) is 65.8 Å². The van der Waals surface area contributed by atoms with E-state index in [2.05, 4.69) is 75.7 Å². The van der Waals surface area contributed by atoms with E-state index in [0.29, 0.717) is 29.1 Å². The number of primary sulfonamides is 1. The van der Waals surface area contributed by atoms with Gasteiger partial charge in [0.25, 0.3) is 0 Å². The number of sulfonamides is 1. The number of aromatic nitrogens is 2. The number of hydrogen-bond donors (Lipinski definition) is 1. The fourth-order valence-electron chi connectivity index (χ4n) is 5.12. The van der Waals surface area contributed by atoms with Crippen molar-refractivity contribution in [1.29, 1.82) is 0 Å². The van der Waals surface area contributed by atoms with E-state index in [1.54, 1.807) is 12.1 Å². The molecule has 4 aromatic rings. The molecule has 0 aliphatic carbocycles. The number of nitrogens with two attached hydrogens (primary N) is 1. The lowest BCUT2D eigenvalue weighted by molar-refractivity contribution is 0.174. The Morgan fingerprint density at radius 3 is 2.05 bits per heavy atom. The Hall–Kier alpha value is -3.33. The van der Waals surface area contributed by atoms with E-state index in [9.17, 15) is 8.42 Å². The van der Waals surface area contributed by atoms with Crippen molar-refractivity contribution in [3.05, 3.63) is 102 Å². The van der Waals surface area contributed by atoms with Gasteiger partial charge in [0.15, 0.2) is 0 Å². The maximum Gasteiger partial charge on any atom is 0.238 e. The van der Waals surface area contributed by atoms with E-state index >= 15 is 0 Å². The molecule has 1 fully saturated rings. The van der Waals surface area contributed by atoms with Gasteiger partial charge in [0, 0.05) is 17.9 Å². The molecule has 0 atom stereocenters. The van der Waals surface area contributed by atoms with E-state index < -0.39 is 10.0 Å². The topological polar surface area (TPSA) is 102 Å². The molecule has 7 nitrogen and oxygen atoms in total. The van der Waals surface area contributed by atoms with Crippen molar-refractivity contribution < 1.29 is 12.9 Å². The van der Waals surface area contributed by atoms with Crippen LogP contribution in [0.1, 0.15) is 42.2 Å². The van der Waals surface area contributed by atoms with Crippen molar-refractivity contribution in [1.82, 2.24) is 15.0 Å².